The van der Waals surface area contributed by atoms with Crippen molar-refractivity contribution in [3.63, 3.8) is 0 Å². The Labute approximate surface area is 124 Å². The van der Waals surface area contributed by atoms with E-state index in [4.69, 9.17) is 20.3 Å². The Kier molecular flexibility index (Phi) is 4.43. The quantitative estimate of drug-likeness (QED) is 0.762. The van der Waals surface area contributed by atoms with Gasteiger partial charge in [0.15, 0.2) is 0 Å². The fourth-order valence-corrected chi connectivity index (χ4v) is 3.54. The Morgan fingerprint density at radius 1 is 1.19 bits per heavy atom. The van der Waals surface area contributed by atoms with Crippen molar-refractivity contribution < 1.29 is 17.9 Å². The third-order valence-corrected chi connectivity index (χ3v) is 4.86. The molecule has 0 amide bonds. The van der Waals surface area contributed by atoms with Crippen LogP contribution in [0.5, 0.6) is 0 Å². The number of nitrogens with zero attached hydrogens (tertiary/aromatic N) is 1. The van der Waals surface area contributed by atoms with E-state index < -0.39 is 10.0 Å². The lowest BCUT2D eigenvalue weighted by Gasteiger charge is -2.22. The Morgan fingerprint density at radius 2 is 1.71 bits per heavy atom. The summed E-state index contributed by atoms with van der Waals surface area (Å²) >= 11 is 0. The molecular weight excluding hydrogens is 294 g/mol. The average Bonchev–Trinajstić information content (AvgIpc) is 2.82. The van der Waals surface area contributed by atoms with Crippen LogP contribution in [0.15, 0.2) is 17.0 Å². The number of nitrogens with two attached hydrogens (primary N) is 2. The first-order chi connectivity index (χ1) is 9.77. The van der Waals surface area contributed by atoms with Crippen molar-refractivity contribution in [3.8, 4) is 0 Å². The van der Waals surface area contributed by atoms with Gasteiger partial charge in [-0.15, -0.1) is 0 Å². The van der Waals surface area contributed by atoms with Crippen molar-refractivity contribution >= 4 is 21.4 Å². The predicted molar refractivity (Wildman–Crippen MR) is 80.8 cm³/mol. The first kappa shape index (κ1) is 16.0. The van der Waals surface area contributed by atoms with Gasteiger partial charge < -0.3 is 20.1 Å². The van der Waals surface area contributed by atoms with Crippen LogP contribution >= 0.6 is 0 Å². The van der Waals surface area contributed by atoms with Crippen molar-refractivity contribution in [2.24, 2.45) is 5.14 Å². The van der Waals surface area contributed by atoms with E-state index in [0.29, 0.717) is 24.3 Å². The molecule has 1 aromatic carbocycles. The number of nitrogen functional groups attached to an aromatic ring is 1. The third kappa shape index (κ3) is 3.13. The Bertz CT molecular complexity index is 621. The summed E-state index contributed by atoms with van der Waals surface area (Å²) in [5.74, 6) is 0. The summed E-state index contributed by atoms with van der Waals surface area (Å²) in [7, 11) is -0.561. The highest BCUT2D eigenvalue weighted by molar-refractivity contribution is 7.89. The summed E-state index contributed by atoms with van der Waals surface area (Å²) in [5.41, 5.74) is 7.49. The Hall–Kier alpha value is -1.35. The molecule has 21 heavy (non-hydrogen) atoms. The molecule has 0 aromatic heterocycles. The number of hydrogen-bond donors (Lipinski definition) is 2. The average molecular weight is 315 g/mol. The number of hydrogen-bond acceptors (Lipinski definition) is 6. The van der Waals surface area contributed by atoms with E-state index in [1.54, 1.807) is 27.2 Å². The first-order valence-electron chi connectivity index (χ1n) is 6.51. The van der Waals surface area contributed by atoms with E-state index in [9.17, 15) is 8.42 Å². The topological polar surface area (TPSA) is 108 Å². The molecule has 8 heteroatoms. The summed E-state index contributed by atoms with van der Waals surface area (Å²) in [6, 6.07) is 3.13. The maximum absolute atomic E-state index is 11.7. The molecule has 0 spiro atoms. The maximum atomic E-state index is 11.7. The van der Waals surface area contributed by atoms with E-state index >= 15 is 0 Å². The molecule has 1 saturated heterocycles. The van der Waals surface area contributed by atoms with Gasteiger partial charge in [-0.3, -0.25) is 0 Å². The second-order valence-electron chi connectivity index (χ2n) is 5.16. The Morgan fingerprint density at radius 3 is 2.14 bits per heavy atom. The number of sulfonamides is 1. The zero-order valence-corrected chi connectivity index (χ0v) is 13.2. The minimum Gasteiger partial charge on any atom is -0.399 e. The molecule has 1 heterocycles. The fourth-order valence-electron chi connectivity index (χ4n) is 2.71. The monoisotopic (exact) mass is 315 g/mol. The molecule has 0 aliphatic carbocycles. The second-order valence-corrected chi connectivity index (χ2v) is 6.69. The lowest BCUT2D eigenvalue weighted by molar-refractivity contribution is -0.00461. The lowest BCUT2D eigenvalue weighted by Crippen LogP contribution is -2.27. The summed E-state index contributed by atoms with van der Waals surface area (Å²) in [4.78, 5) is 2.05. The molecular formula is C13H21N3O4S. The second kappa shape index (κ2) is 5.80. The van der Waals surface area contributed by atoms with E-state index in [1.807, 2.05) is 4.90 Å². The van der Waals surface area contributed by atoms with Gasteiger partial charge in [0.2, 0.25) is 10.0 Å². The van der Waals surface area contributed by atoms with E-state index in [2.05, 4.69) is 0 Å². The van der Waals surface area contributed by atoms with Crippen molar-refractivity contribution in [1.29, 1.82) is 0 Å². The molecule has 0 radical (unpaired) electrons. The molecule has 1 aromatic rings. The zero-order chi connectivity index (χ0) is 15.8. The normalized spacial score (nSPS) is 22.8. The van der Waals surface area contributed by atoms with Gasteiger partial charge in [-0.25, -0.2) is 13.6 Å². The summed E-state index contributed by atoms with van der Waals surface area (Å²) < 4.78 is 34.1. The van der Waals surface area contributed by atoms with Crippen molar-refractivity contribution in [3.05, 3.63) is 17.7 Å². The van der Waals surface area contributed by atoms with Crippen LogP contribution in [-0.4, -0.2) is 47.9 Å². The van der Waals surface area contributed by atoms with Crippen molar-refractivity contribution in [1.82, 2.24) is 0 Å². The van der Waals surface area contributed by atoms with E-state index in [1.165, 1.54) is 6.07 Å². The number of benzene rings is 1. The van der Waals surface area contributed by atoms with Crippen LogP contribution in [0, 0.1) is 6.92 Å². The standard InChI is InChI=1S/C13H21N3O4S/c1-8-10(4-9(14)5-13(8)21(15,17)18)16-6-11(19-2)12(7-16)20-3/h4-5,11-12H,6-7,14H2,1-3H3,(H2,15,17,18). The lowest BCUT2D eigenvalue weighted by atomic mass is 10.1. The number of anilines is 2. The van der Waals surface area contributed by atoms with Crippen molar-refractivity contribution in [2.75, 3.05) is 37.9 Å². The third-order valence-electron chi connectivity index (χ3n) is 3.82. The van der Waals surface area contributed by atoms with Crippen LogP contribution in [0.4, 0.5) is 11.4 Å². The molecule has 118 valence electrons. The van der Waals surface area contributed by atoms with Gasteiger partial charge >= 0.3 is 0 Å². The summed E-state index contributed by atoms with van der Waals surface area (Å²) in [6.07, 6.45) is -0.150. The van der Waals surface area contributed by atoms with E-state index in [-0.39, 0.29) is 17.1 Å². The molecule has 7 nitrogen and oxygen atoms in total. The highest BCUT2D eigenvalue weighted by Gasteiger charge is 2.34. The minimum atomic E-state index is -3.82. The van der Waals surface area contributed by atoms with Crippen LogP contribution in [0.3, 0.4) is 0 Å². The summed E-state index contributed by atoms with van der Waals surface area (Å²) in [5, 5.41) is 5.25. The number of ether oxygens (including phenoxy) is 2. The molecule has 0 saturated carbocycles. The molecule has 1 aliphatic rings. The van der Waals surface area contributed by atoms with Crippen LogP contribution in [-0.2, 0) is 19.5 Å². The van der Waals surface area contributed by atoms with Crippen LogP contribution in [0.25, 0.3) is 0 Å². The van der Waals surface area contributed by atoms with Gasteiger partial charge in [-0.2, -0.15) is 0 Å². The number of methoxy groups -OCH3 is 2. The molecule has 0 bridgehead atoms. The van der Waals surface area contributed by atoms with Gasteiger partial charge in [0.05, 0.1) is 4.90 Å². The largest absolute Gasteiger partial charge is 0.399 e. The van der Waals surface area contributed by atoms with Crippen LogP contribution in [0.2, 0.25) is 0 Å². The summed E-state index contributed by atoms with van der Waals surface area (Å²) in [6.45, 7) is 2.92. The fraction of sp³-hybridized carbons (Fsp3) is 0.538. The molecule has 1 fully saturated rings. The molecule has 2 unspecified atom stereocenters. The van der Waals surface area contributed by atoms with Gasteiger partial charge in [0.1, 0.15) is 12.2 Å². The van der Waals surface area contributed by atoms with Gasteiger partial charge in [-0.05, 0) is 24.6 Å². The highest BCUT2D eigenvalue weighted by Crippen LogP contribution is 2.32. The van der Waals surface area contributed by atoms with Crippen LogP contribution < -0.4 is 15.8 Å². The number of primary sulfonamides is 1. The Balaban J connectivity index is 2.44. The van der Waals surface area contributed by atoms with Crippen molar-refractivity contribution in [2.45, 2.75) is 24.0 Å². The first-order valence-corrected chi connectivity index (χ1v) is 8.06. The smallest absolute Gasteiger partial charge is 0.238 e. The van der Waals surface area contributed by atoms with E-state index in [0.717, 1.165) is 5.69 Å². The molecule has 2 atom stereocenters. The molecule has 2 rings (SSSR count). The van der Waals surface area contributed by atoms with Gasteiger partial charge in [-0.1, -0.05) is 0 Å². The van der Waals surface area contributed by atoms with Gasteiger partial charge in [0.25, 0.3) is 0 Å². The maximum Gasteiger partial charge on any atom is 0.238 e. The minimum absolute atomic E-state index is 0.0485. The molecule has 1 aliphatic heterocycles. The molecule has 4 N–H and O–H groups in total. The van der Waals surface area contributed by atoms with Gasteiger partial charge in [0, 0.05) is 38.7 Å². The number of rotatable bonds is 4. The highest BCUT2D eigenvalue weighted by atomic mass is 32.2. The zero-order valence-electron chi connectivity index (χ0n) is 12.4. The SMILES string of the molecule is COC1CN(c2cc(N)cc(S(N)(=O)=O)c2C)CC1OC. The van der Waals surface area contributed by atoms with Crippen LogP contribution in [0.1, 0.15) is 5.56 Å². The predicted octanol–water partition coefficient (Wildman–Crippen LogP) is 0.0746.